The third-order valence-corrected chi connectivity index (χ3v) is 4.29. The van der Waals surface area contributed by atoms with Crippen LogP contribution in [0.25, 0.3) is 0 Å². The minimum Gasteiger partial charge on any atom is -0.315 e. The van der Waals surface area contributed by atoms with Crippen molar-refractivity contribution in [1.29, 1.82) is 0 Å². The third kappa shape index (κ3) is 3.93. The second kappa shape index (κ2) is 7.39. The van der Waals surface area contributed by atoms with Gasteiger partial charge < -0.3 is 5.32 Å². The Morgan fingerprint density at radius 3 is 2.43 bits per heavy atom. The summed E-state index contributed by atoms with van der Waals surface area (Å²) in [5.41, 5.74) is 2.86. The summed E-state index contributed by atoms with van der Waals surface area (Å²) < 4.78 is 0. The fourth-order valence-corrected chi connectivity index (χ4v) is 3.12. The SMILES string of the molecule is c1ccc(CCN2CCCNCC2c2ccccc2)cc1. The Labute approximate surface area is 127 Å². The highest BCUT2D eigenvalue weighted by atomic mass is 15.2. The summed E-state index contributed by atoms with van der Waals surface area (Å²) in [6, 6.07) is 22.2. The normalized spacial score (nSPS) is 20.1. The van der Waals surface area contributed by atoms with Crippen LogP contribution >= 0.6 is 0 Å². The molecule has 0 saturated carbocycles. The van der Waals surface area contributed by atoms with E-state index in [2.05, 4.69) is 70.9 Å². The Kier molecular flexibility index (Phi) is 5.03. The summed E-state index contributed by atoms with van der Waals surface area (Å²) in [6.45, 7) is 4.49. The lowest BCUT2D eigenvalue weighted by atomic mass is 10.0. The number of benzene rings is 2. The zero-order chi connectivity index (χ0) is 14.3. The molecule has 1 unspecified atom stereocenters. The van der Waals surface area contributed by atoms with E-state index in [9.17, 15) is 0 Å². The van der Waals surface area contributed by atoms with Crippen molar-refractivity contribution in [3.8, 4) is 0 Å². The molecule has 1 atom stereocenters. The smallest absolute Gasteiger partial charge is 0.0472 e. The molecule has 21 heavy (non-hydrogen) atoms. The van der Waals surface area contributed by atoms with Crippen molar-refractivity contribution in [3.05, 3.63) is 71.8 Å². The van der Waals surface area contributed by atoms with Gasteiger partial charge in [-0.15, -0.1) is 0 Å². The summed E-state index contributed by atoms with van der Waals surface area (Å²) >= 11 is 0. The van der Waals surface area contributed by atoms with E-state index in [4.69, 9.17) is 0 Å². The van der Waals surface area contributed by atoms with Gasteiger partial charge in [-0.05, 0) is 30.5 Å². The molecule has 1 saturated heterocycles. The number of hydrogen-bond acceptors (Lipinski definition) is 2. The van der Waals surface area contributed by atoms with E-state index < -0.39 is 0 Å². The van der Waals surface area contributed by atoms with Crippen LogP contribution < -0.4 is 5.32 Å². The second-order valence-corrected chi connectivity index (χ2v) is 5.76. The molecule has 0 aliphatic carbocycles. The quantitative estimate of drug-likeness (QED) is 0.924. The molecule has 1 heterocycles. The highest BCUT2D eigenvalue weighted by Gasteiger charge is 2.21. The van der Waals surface area contributed by atoms with E-state index >= 15 is 0 Å². The fourth-order valence-electron chi connectivity index (χ4n) is 3.12. The molecule has 1 N–H and O–H groups in total. The van der Waals surface area contributed by atoms with E-state index in [1.807, 2.05) is 0 Å². The molecule has 1 fully saturated rings. The summed E-state index contributed by atoms with van der Waals surface area (Å²) in [7, 11) is 0. The van der Waals surface area contributed by atoms with Gasteiger partial charge >= 0.3 is 0 Å². The van der Waals surface area contributed by atoms with Gasteiger partial charge in [-0.1, -0.05) is 60.7 Å². The largest absolute Gasteiger partial charge is 0.315 e. The predicted molar refractivity (Wildman–Crippen MR) is 88.4 cm³/mol. The molecule has 2 aromatic carbocycles. The second-order valence-electron chi connectivity index (χ2n) is 5.76. The van der Waals surface area contributed by atoms with Gasteiger partial charge in [0.1, 0.15) is 0 Å². The molecule has 2 heteroatoms. The minimum atomic E-state index is 0.498. The maximum atomic E-state index is 3.58. The highest BCUT2D eigenvalue weighted by Crippen LogP contribution is 2.22. The zero-order valence-corrected chi connectivity index (χ0v) is 12.5. The van der Waals surface area contributed by atoms with Crippen LogP contribution in [0.3, 0.4) is 0 Å². The maximum Gasteiger partial charge on any atom is 0.0472 e. The van der Waals surface area contributed by atoms with E-state index in [1.165, 1.54) is 24.1 Å². The van der Waals surface area contributed by atoms with Crippen molar-refractivity contribution >= 4 is 0 Å². The van der Waals surface area contributed by atoms with Crippen LogP contribution in [0.5, 0.6) is 0 Å². The maximum absolute atomic E-state index is 3.58. The summed E-state index contributed by atoms with van der Waals surface area (Å²) in [6.07, 6.45) is 2.36. The zero-order valence-electron chi connectivity index (χ0n) is 12.5. The molecule has 110 valence electrons. The third-order valence-electron chi connectivity index (χ3n) is 4.29. The summed E-state index contributed by atoms with van der Waals surface area (Å²) in [5.74, 6) is 0. The van der Waals surface area contributed by atoms with E-state index in [0.29, 0.717) is 6.04 Å². The number of nitrogens with zero attached hydrogens (tertiary/aromatic N) is 1. The molecular weight excluding hydrogens is 256 g/mol. The summed E-state index contributed by atoms with van der Waals surface area (Å²) in [4.78, 5) is 2.64. The topological polar surface area (TPSA) is 15.3 Å². The van der Waals surface area contributed by atoms with Crippen molar-refractivity contribution in [2.75, 3.05) is 26.2 Å². The summed E-state index contributed by atoms with van der Waals surface area (Å²) in [5, 5.41) is 3.58. The highest BCUT2D eigenvalue weighted by molar-refractivity contribution is 5.20. The van der Waals surface area contributed by atoms with Crippen LogP contribution in [0.1, 0.15) is 23.6 Å². The van der Waals surface area contributed by atoms with E-state index in [1.54, 1.807) is 0 Å². The van der Waals surface area contributed by atoms with Crippen LogP contribution in [-0.2, 0) is 6.42 Å². The number of hydrogen-bond donors (Lipinski definition) is 1. The lowest BCUT2D eigenvalue weighted by Gasteiger charge is -2.30. The predicted octanol–water partition coefficient (Wildman–Crippen LogP) is 3.27. The molecule has 0 aromatic heterocycles. The molecule has 1 aliphatic heterocycles. The molecule has 2 nitrogen and oxygen atoms in total. The minimum absolute atomic E-state index is 0.498. The van der Waals surface area contributed by atoms with Crippen LogP contribution in [0.15, 0.2) is 60.7 Å². The van der Waals surface area contributed by atoms with Gasteiger partial charge in [0, 0.05) is 25.7 Å². The molecule has 0 bridgehead atoms. The van der Waals surface area contributed by atoms with Crippen LogP contribution in [-0.4, -0.2) is 31.1 Å². The van der Waals surface area contributed by atoms with Crippen LogP contribution in [0, 0.1) is 0 Å². The van der Waals surface area contributed by atoms with Crippen molar-refractivity contribution in [2.45, 2.75) is 18.9 Å². The fraction of sp³-hybridized carbons (Fsp3) is 0.368. The first-order chi connectivity index (χ1) is 10.4. The van der Waals surface area contributed by atoms with Gasteiger partial charge in [-0.25, -0.2) is 0 Å². The number of rotatable bonds is 4. The van der Waals surface area contributed by atoms with Gasteiger partial charge in [0.05, 0.1) is 0 Å². The van der Waals surface area contributed by atoms with Crippen molar-refractivity contribution in [2.24, 2.45) is 0 Å². The Balaban J connectivity index is 1.70. The lowest BCUT2D eigenvalue weighted by Crippen LogP contribution is -2.34. The Hall–Kier alpha value is -1.64. The first-order valence-electron chi connectivity index (χ1n) is 7.97. The first kappa shape index (κ1) is 14.3. The van der Waals surface area contributed by atoms with Crippen molar-refractivity contribution < 1.29 is 0 Å². The van der Waals surface area contributed by atoms with Crippen LogP contribution in [0.4, 0.5) is 0 Å². The van der Waals surface area contributed by atoms with Crippen LogP contribution in [0.2, 0.25) is 0 Å². The van der Waals surface area contributed by atoms with Gasteiger partial charge in [0.15, 0.2) is 0 Å². The van der Waals surface area contributed by atoms with Gasteiger partial charge in [0.2, 0.25) is 0 Å². The van der Waals surface area contributed by atoms with E-state index in [-0.39, 0.29) is 0 Å². The Morgan fingerprint density at radius 2 is 1.67 bits per heavy atom. The Bertz CT molecular complexity index is 524. The van der Waals surface area contributed by atoms with Gasteiger partial charge in [0.25, 0.3) is 0 Å². The monoisotopic (exact) mass is 280 g/mol. The standard InChI is InChI=1S/C19H24N2/c1-3-8-17(9-4-1)12-15-21-14-7-13-20-16-19(21)18-10-5-2-6-11-18/h1-6,8-11,19-20H,7,12-16H2. The molecule has 1 aliphatic rings. The molecule has 0 radical (unpaired) electrons. The first-order valence-corrected chi connectivity index (χ1v) is 7.97. The molecule has 3 rings (SSSR count). The average Bonchev–Trinajstić information content (AvgIpc) is 2.80. The molecule has 0 spiro atoms. The molecule has 2 aromatic rings. The average molecular weight is 280 g/mol. The van der Waals surface area contributed by atoms with Gasteiger partial charge in [-0.3, -0.25) is 4.90 Å². The van der Waals surface area contributed by atoms with E-state index in [0.717, 1.165) is 26.1 Å². The van der Waals surface area contributed by atoms with Crippen molar-refractivity contribution in [3.63, 3.8) is 0 Å². The van der Waals surface area contributed by atoms with Crippen molar-refractivity contribution in [1.82, 2.24) is 10.2 Å². The molecular formula is C19H24N2. The Morgan fingerprint density at radius 1 is 0.952 bits per heavy atom. The molecule has 0 amide bonds. The van der Waals surface area contributed by atoms with Gasteiger partial charge in [-0.2, -0.15) is 0 Å². The lowest BCUT2D eigenvalue weighted by molar-refractivity contribution is 0.213. The number of nitrogens with one attached hydrogen (secondary N) is 1.